The molecule has 6 aliphatic carbocycles. The molecule has 2 fully saturated rings. The Balaban J connectivity index is 0.000000362. The summed E-state index contributed by atoms with van der Waals surface area (Å²) in [5, 5.41) is 0. The minimum absolute atomic E-state index is 0. The van der Waals surface area contributed by atoms with Crippen molar-refractivity contribution in [2.75, 3.05) is 0 Å². The molecule has 3 heteroatoms. The molecule has 0 bridgehead atoms. The number of rotatable bonds is 4. The van der Waals surface area contributed by atoms with Crippen LogP contribution >= 0.6 is 0 Å². The van der Waals surface area contributed by atoms with Crippen molar-refractivity contribution >= 4 is 3.21 Å². The first-order chi connectivity index (χ1) is 20.4. The van der Waals surface area contributed by atoms with Crippen LogP contribution < -0.4 is 24.8 Å². The molecule has 2 saturated carbocycles. The van der Waals surface area contributed by atoms with Crippen molar-refractivity contribution in [2.45, 2.75) is 102 Å². The molecule has 6 rings (SSSR count). The van der Waals surface area contributed by atoms with E-state index in [1.807, 2.05) is 12.2 Å². The fraction of sp³-hybridized carbons (Fsp3) is 0.581. The predicted molar refractivity (Wildman–Crippen MR) is 189 cm³/mol. The van der Waals surface area contributed by atoms with E-state index < -0.39 is 0 Å². The molecule has 0 saturated heterocycles. The topological polar surface area (TPSA) is 0 Å². The molecule has 0 amide bonds. The Bertz CT molecular complexity index is 1350. The standard InChI is InChI=1S/C29H37.C9H18.C5H5.2ClH.Zr/c1-21-14-13-15-22-20-27(6)25(4)18-10-9-16-23(25,2)24(3)17-11-12-19-26(24,5)29(27,8)28(21,22)7;1-8(2)6-5-7-9(3)4;1-2-4-5-3-1;;;/h9-20,22H,1-8H3;8-9H,6-7H2,1-4H3;1-3H,4H2;2*1H;/q-1;;-1;;;+2/p-2. The average molecular weight is 739 g/mol. The molecule has 0 nitrogen and oxygen atoms in total. The summed E-state index contributed by atoms with van der Waals surface area (Å²) in [5.74, 6) is 2.17. The molecule has 6 aliphatic rings. The van der Waals surface area contributed by atoms with E-state index in [0.717, 1.165) is 18.3 Å². The summed E-state index contributed by atoms with van der Waals surface area (Å²) in [4.78, 5) is 0. The van der Waals surface area contributed by atoms with Crippen molar-refractivity contribution in [3.05, 3.63) is 103 Å². The van der Waals surface area contributed by atoms with Gasteiger partial charge in [-0.15, -0.1) is 23.8 Å². The van der Waals surface area contributed by atoms with Gasteiger partial charge in [0.25, 0.3) is 0 Å². The molecule has 0 radical (unpaired) electrons. The van der Waals surface area contributed by atoms with Crippen LogP contribution in [0.5, 0.6) is 0 Å². The molecular weight excluding hydrogens is 679 g/mol. The van der Waals surface area contributed by atoms with Crippen LogP contribution in [-0.2, 0) is 24.2 Å². The zero-order valence-corrected chi connectivity index (χ0v) is 34.7. The molecule has 0 aliphatic heterocycles. The average Bonchev–Trinajstić information content (AvgIpc) is 3.58. The first-order valence-corrected chi connectivity index (χ1v) is 18.4. The summed E-state index contributed by atoms with van der Waals surface area (Å²) in [5.41, 5.74) is 1.73. The van der Waals surface area contributed by atoms with Crippen molar-refractivity contribution in [2.24, 2.45) is 55.7 Å². The van der Waals surface area contributed by atoms with Crippen LogP contribution in [0, 0.1) is 68.2 Å². The Morgan fingerprint density at radius 1 is 0.761 bits per heavy atom. The number of allylic oxidation sites excluding steroid dienone is 16. The van der Waals surface area contributed by atoms with E-state index in [-0.39, 0.29) is 62.7 Å². The molecule has 8 atom stereocenters. The summed E-state index contributed by atoms with van der Waals surface area (Å²) >= 11 is 1.65. The molecule has 0 N–H and O–H groups in total. The van der Waals surface area contributed by atoms with Gasteiger partial charge >= 0.3 is 79.8 Å². The number of hydrogen-bond donors (Lipinski definition) is 0. The maximum absolute atomic E-state index is 2.99. The first-order valence-electron chi connectivity index (χ1n) is 17.2. The summed E-state index contributed by atoms with van der Waals surface area (Å²) in [7, 11) is 0. The fourth-order valence-corrected chi connectivity index (χ4v) is 12.7. The van der Waals surface area contributed by atoms with E-state index in [4.69, 9.17) is 0 Å². The van der Waals surface area contributed by atoms with Crippen LogP contribution in [-0.4, -0.2) is 3.21 Å². The van der Waals surface area contributed by atoms with Gasteiger partial charge in [-0.2, -0.15) is 6.08 Å². The minimum atomic E-state index is 0. The Labute approximate surface area is 311 Å². The van der Waals surface area contributed by atoms with E-state index in [9.17, 15) is 0 Å². The Morgan fingerprint density at radius 3 is 1.67 bits per heavy atom. The van der Waals surface area contributed by atoms with Gasteiger partial charge in [-0.3, -0.25) is 6.08 Å². The Kier molecular flexibility index (Phi) is 13.2. The van der Waals surface area contributed by atoms with Crippen molar-refractivity contribution in [3.63, 3.8) is 0 Å². The first kappa shape index (κ1) is 41.4. The van der Waals surface area contributed by atoms with Gasteiger partial charge in [-0.25, -0.2) is 12.2 Å². The summed E-state index contributed by atoms with van der Waals surface area (Å²) < 4.78 is 1.75. The van der Waals surface area contributed by atoms with Gasteiger partial charge in [0.2, 0.25) is 0 Å². The maximum atomic E-state index is 2.99. The van der Waals surface area contributed by atoms with E-state index >= 15 is 0 Å². The Morgan fingerprint density at radius 2 is 1.24 bits per heavy atom. The maximum Gasteiger partial charge on any atom is 0.00455 e. The van der Waals surface area contributed by atoms with Gasteiger partial charge in [0.05, 0.1) is 0 Å². The van der Waals surface area contributed by atoms with E-state index in [0.29, 0.717) is 5.92 Å². The van der Waals surface area contributed by atoms with Gasteiger partial charge in [0, 0.05) is 10.8 Å². The number of hydrogen-bond acceptors (Lipinski definition) is 0. The van der Waals surface area contributed by atoms with Crippen molar-refractivity contribution in [1.82, 2.24) is 0 Å². The van der Waals surface area contributed by atoms with E-state index in [2.05, 4.69) is 168 Å². The molecule has 0 aromatic heterocycles. The molecule has 0 aromatic rings. The molecule has 252 valence electrons. The quantitative estimate of drug-likeness (QED) is 0.323. The van der Waals surface area contributed by atoms with Crippen LogP contribution in [0.4, 0.5) is 0 Å². The van der Waals surface area contributed by atoms with E-state index in [1.165, 1.54) is 18.4 Å². The van der Waals surface area contributed by atoms with Gasteiger partial charge in [-0.1, -0.05) is 115 Å². The molecule has 0 spiro atoms. The Hall–Kier alpha value is -0.747. The fourth-order valence-electron chi connectivity index (χ4n) is 10.7. The minimum Gasteiger partial charge on any atom is -1.00 e. The van der Waals surface area contributed by atoms with Crippen LogP contribution in [0.3, 0.4) is 0 Å². The van der Waals surface area contributed by atoms with Gasteiger partial charge in [-0.05, 0) is 28.6 Å². The molecule has 46 heavy (non-hydrogen) atoms. The third-order valence-electron chi connectivity index (χ3n) is 13.9. The second-order valence-corrected chi connectivity index (χ2v) is 18.2. The number of halogens is 2. The molecule has 0 aromatic carbocycles. The summed E-state index contributed by atoms with van der Waals surface area (Å²) in [6.45, 7) is 29.5. The summed E-state index contributed by atoms with van der Waals surface area (Å²) in [6, 6.07) is 0. The van der Waals surface area contributed by atoms with E-state index in [1.54, 1.807) is 27.4 Å². The van der Waals surface area contributed by atoms with Crippen molar-refractivity contribution in [3.8, 4) is 0 Å². The zero-order valence-electron chi connectivity index (χ0n) is 30.8. The van der Waals surface area contributed by atoms with Gasteiger partial charge in [0.1, 0.15) is 0 Å². The summed E-state index contributed by atoms with van der Waals surface area (Å²) in [6.07, 6.45) is 41.9. The molecular formula is C43H60Cl2Zr-2. The van der Waals surface area contributed by atoms with Crippen LogP contribution in [0.1, 0.15) is 102 Å². The SMILES string of the molecule is CC(C)C[C](=[Zr+2])CC(C)C.CC1=CC=CC2[CH-]C3(C)C4(C)C=CC=CC4(C)C4(C)C=CC=CC4(C)C3(C)C12C.[C-]1=CC=CC1.[Cl-].[Cl-]. The third kappa shape index (κ3) is 5.71. The normalized spacial score (nSPS) is 41.6. The van der Waals surface area contributed by atoms with Crippen LogP contribution in [0.25, 0.3) is 0 Å². The largest absolute Gasteiger partial charge is 1.00 e. The van der Waals surface area contributed by atoms with Crippen LogP contribution in [0.2, 0.25) is 0 Å². The van der Waals surface area contributed by atoms with Gasteiger partial charge in [0.15, 0.2) is 0 Å². The zero-order chi connectivity index (χ0) is 32.8. The van der Waals surface area contributed by atoms with Crippen LogP contribution in [0.15, 0.2) is 90.6 Å². The monoisotopic (exact) mass is 736 g/mol. The van der Waals surface area contributed by atoms with Crippen molar-refractivity contribution in [1.29, 1.82) is 0 Å². The smallest absolute Gasteiger partial charge is 0.00455 e. The van der Waals surface area contributed by atoms with Gasteiger partial charge < -0.3 is 31.2 Å². The van der Waals surface area contributed by atoms with Crippen molar-refractivity contribution < 1.29 is 49.0 Å². The third-order valence-corrected chi connectivity index (χ3v) is 14.9. The molecule has 0 heterocycles. The molecule has 8 unspecified atom stereocenters. The predicted octanol–water partition coefficient (Wildman–Crippen LogP) is 5.76. The number of fused-ring (bicyclic) bond motifs is 8. The second-order valence-electron chi connectivity index (χ2n) is 16.5. The second kappa shape index (κ2) is 14.6.